The number of piperidine rings is 1. The molecular weight excluding hydrogens is 418 g/mol. The van der Waals surface area contributed by atoms with Crippen LogP contribution in [0.1, 0.15) is 38.3 Å². The molecule has 0 saturated carbocycles. The van der Waals surface area contributed by atoms with E-state index < -0.39 is 10.0 Å². The van der Waals surface area contributed by atoms with E-state index in [1.165, 1.54) is 23.1 Å². The van der Waals surface area contributed by atoms with Crippen molar-refractivity contribution in [3.05, 3.63) is 57.7 Å². The molecule has 1 atom stereocenters. The Labute approximate surface area is 181 Å². The minimum atomic E-state index is -3.70. The maximum absolute atomic E-state index is 12.9. The lowest BCUT2D eigenvalue weighted by molar-refractivity contribution is 0.438. The number of thiazole rings is 1. The van der Waals surface area contributed by atoms with Gasteiger partial charge in [0.1, 0.15) is 0 Å². The van der Waals surface area contributed by atoms with Crippen molar-refractivity contribution in [3.8, 4) is 0 Å². The van der Waals surface area contributed by atoms with Crippen LogP contribution in [0.4, 0.5) is 5.69 Å². The first-order valence-electron chi connectivity index (χ1n) is 10.2. The molecule has 2 heterocycles. The van der Waals surface area contributed by atoms with Crippen molar-refractivity contribution < 1.29 is 8.42 Å². The average Bonchev–Trinajstić information content (AvgIpc) is 3.01. The number of hydrogen-bond acceptors (Lipinski definition) is 5. The maximum atomic E-state index is 12.9. The van der Waals surface area contributed by atoms with E-state index in [0.29, 0.717) is 4.70 Å². The summed E-state index contributed by atoms with van der Waals surface area (Å²) in [5.74, 6) is 0.783. The van der Waals surface area contributed by atoms with Crippen LogP contribution in [0.25, 0.3) is 10.2 Å². The maximum Gasteiger partial charge on any atom is 0.307 e. The molecule has 0 radical (unpaired) electrons. The van der Waals surface area contributed by atoms with Gasteiger partial charge in [0.05, 0.1) is 15.1 Å². The van der Waals surface area contributed by atoms with E-state index in [1.807, 2.05) is 19.1 Å². The van der Waals surface area contributed by atoms with Gasteiger partial charge in [-0.15, -0.1) is 0 Å². The van der Waals surface area contributed by atoms with E-state index in [-0.39, 0.29) is 15.8 Å². The lowest BCUT2D eigenvalue weighted by Crippen LogP contribution is -2.32. The van der Waals surface area contributed by atoms with Crippen LogP contribution in [0.3, 0.4) is 0 Å². The molecule has 0 spiro atoms. The highest BCUT2D eigenvalue weighted by Crippen LogP contribution is 2.26. The van der Waals surface area contributed by atoms with Gasteiger partial charge < -0.3 is 9.47 Å². The minimum absolute atomic E-state index is 0.107. The van der Waals surface area contributed by atoms with Gasteiger partial charge in [-0.1, -0.05) is 30.4 Å². The Hall–Kier alpha value is -2.16. The molecule has 1 unspecified atom stereocenters. The number of hydrogen-bond donors (Lipinski definition) is 1. The van der Waals surface area contributed by atoms with Crippen LogP contribution in [0, 0.1) is 5.92 Å². The molecule has 30 heavy (non-hydrogen) atoms. The molecule has 6 nitrogen and oxygen atoms in total. The second-order valence-corrected chi connectivity index (χ2v) is 10.9. The molecular formula is C22H27N3O3S2. The van der Waals surface area contributed by atoms with Crippen LogP contribution in [-0.2, 0) is 17.1 Å². The highest BCUT2D eigenvalue weighted by molar-refractivity contribution is 7.89. The highest BCUT2D eigenvalue weighted by atomic mass is 32.2. The normalized spacial score (nSPS) is 16.8. The molecule has 3 aromatic rings. The Balaban J connectivity index is 1.50. The van der Waals surface area contributed by atoms with E-state index in [0.717, 1.165) is 41.4 Å². The Morgan fingerprint density at radius 3 is 2.43 bits per heavy atom. The number of aromatic nitrogens is 1. The fourth-order valence-corrected chi connectivity index (χ4v) is 6.14. The van der Waals surface area contributed by atoms with Crippen molar-refractivity contribution in [2.45, 2.75) is 37.6 Å². The molecule has 4 rings (SSSR count). The molecule has 2 aromatic carbocycles. The Morgan fingerprint density at radius 1 is 1.10 bits per heavy atom. The summed E-state index contributed by atoms with van der Waals surface area (Å²) in [5.41, 5.74) is 2.84. The van der Waals surface area contributed by atoms with Gasteiger partial charge in [-0.3, -0.25) is 4.79 Å². The minimum Gasteiger partial charge on any atom is -0.372 e. The molecule has 1 aliphatic heterocycles. The smallest absolute Gasteiger partial charge is 0.307 e. The number of benzene rings is 2. The molecule has 0 bridgehead atoms. The summed E-state index contributed by atoms with van der Waals surface area (Å²) < 4.78 is 30.7. The first-order valence-corrected chi connectivity index (χ1v) is 12.5. The van der Waals surface area contributed by atoms with Crippen molar-refractivity contribution in [3.63, 3.8) is 0 Å². The zero-order chi connectivity index (χ0) is 21.5. The molecule has 1 saturated heterocycles. The third-order valence-corrected chi connectivity index (χ3v) is 8.48. The van der Waals surface area contributed by atoms with Crippen molar-refractivity contribution in [2.75, 3.05) is 18.0 Å². The predicted molar refractivity (Wildman–Crippen MR) is 123 cm³/mol. The van der Waals surface area contributed by atoms with Crippen molar-refractivity contribution in [1.29, 1.82) is 0 Å². The van der Waals surface area contributed by atoms with Crippen LogP contribution in [-0.4, -0.2) is 26.1 Å². The van der Waals surface area contributed by atoms with Gasteiger partial charge >= 0.3 is 4.87 Å². The predicted octanol–water partition coefficient (Wildman–Crippen LogP) is 3.88. The first-order chi connectivity index (χ1) is 14.2. The molecule has 1 aliphatic rings. The summed E-state index contributed by atoms with van der Waals surface area (Å²) in [5, 5.41) is 0. The number of nitrogens with zero attached hydrogens (tertiary/aromatic N) is 2. The van der Waals surface area contributed by atoms with Crippen molar-refractivity contribution in [1.82, 2.24) is 9.29 Å². The first kappa shape index (κ1) is 21.1. The topological polar surface area (TPSA) is 71.4 Å². The van der Waals surface area contributed by atoms with Crippen LogP contribution < -0.4 is 14.5 Å². The number of sulfonamides is 1. The summed E-state index contributed by atoms with van der Waals surface area (Å²) in [6, 6.07) is 12.6. The second-order valence-electron chi connectivity index (χ2n) is 8.16. The molecule has 0 amide bonds. The van der Waals surface area contributed by atoms with Crippen LogP contribution in [0.5, 0.6) is 0 Å². The van der Waals surface area contributed by atoms with Gasteiger partial charge in [0.2, 0.25) is 10.0 Å². The zero-order valence-corrected chi connectivity index (χ0v) is 19.1. The zero-order valence-electron chi connectivity index (χ0n) is 17.5. The summed E-state index contributed by atoms with van der Waals surface area (Å²) in [7, 11) is -2.02. The Bertz CT molecular complexity index is 1200. The van der Waals surface area contributed by atoms with E-state index >= 15 is 0 Å². The van der Waals surface area contributed by atoms with Gasteiger partial charge in [-0.25, -0.2) is 13.1 Å². The lowest BCUT2D eigenvalue weighted by Gasteiger charge is -2.32. The van der Waals surface area contributed by atoms with E-state index in [9.17, 15) is 13.2 Å². The second kappa shape index (κ2) is 8.17. The van der Waals surface area contributed by atoms with Crippen molar-refractivity contribution in [2.24, 2.45) is 13.0 Å². The van der Waals surface area contributed by atoms with Gasteiger partial charge in [0.25, 0.3) is 0 Å². The fraction of sp³-hybridized carbons (Fsp3) is 0.409. The summed E-state index contributed by atoms with van der Waals surface area (Å²) in [4.78, 5) is 14.3. The summed E-state index contributed by atoms with van der Waals surface area (Å²) >= 11 is 1.05. The molecule has 0 aliphatic carbocycles. The molecule has 1 aromatic heterocycles. The van der Waals surface area contributed by atoms with E-state index in [1.54, 1.807) is 25.2 Å². The number of rotatable bonds is 5. The molecule has 1 fully saturated rings. The average molecular weight is 446 g/mol. The Morgan fingerprint density at radius 2 is 1.77 bits per heavy atom. The molecule has 1 N–H and O–H groups in total. The van der Waals surface area contributed by atoms with Crippen LogP contribution in [0.2, 0.25) is 0 Å². The Kier molecular flexibility index (Phi) is 5.74. The lowest BCUT2D eigenvalue weighted by atomic mass is 9.98. The van der Waals surface area contributed by atoms with Crippen LogP contribution >= 0.6 is 11.3 Å². The quantitative estimate of drug-likeness (QED) is 0.647. The number of aryl methyl sites for hydroxylation is 1. The summed E-state index contributed by atoms with van der Waals surface area (Å²) in [6.07, 6.45) is 2.41. The van der Waals surface area contributed by atoms with E-state index in [2.05, 4.69) is 28.7 Å². The monoisotopic (exact) mass is 445 g/mol. The van der Waals surface area contributed by atoms with Gasteiger partial charge in [-0.2, -0.15) is 0 Å². The SMILES string of the molecule is CC1CCN(c2ccc(C(C)NS(=O)(=O)c3ccc4c(c3)sc(=O)n4C)cc2)CC1. The highest BCUT2D eigenvalue weighted by Gasteiger charge is 2.21. The standard InChI is InChI=1S/C22H27N3O3S2/c1-15-10-12-25(13-11-15)18-6-4-17(5-7-18)16(2)23-30(27,28)19-8-9-20-21(14-19)29-22(26)24(20)3/h4-9,14-16,23H,10-13H2,1-3H3. The number of fused-ring (bicyclic) bond motifs is 1. The molecule has 160 valence electrons. The van der Waals surface area contributed by atoms with Crippen molar-refractivity contribution >= 4 is 37.3 Å². The number of anilines is 1. The third-order valence-electron chi connectivity index (χ3n) is 5.95. The van der Waals surface area contributed by atoms with Gasteiger partial charge in [0.15, 0.2) is 0 Å². The van der Waals surface area contributed by atoms with Gasteiger partial charge in [0, 0.05) is 31.9 Å². The number of nitrogens with one attached hydrogen (secondary N) is 1. The molecule has 8 heteroatoms. The van der Waals surface area contributed by atoms with Crippen LogP contribution in [0.15, 0.2) is 52.2 Å². The summed E-state index contributed by atoms with van der Waals surface area (Å²) in [6.45, 7) is 6.27. The largest absolute Gasteiger partial charge is 0.372 e. The fourth-order valence-electron chi connectivity index (χ4n) is 3.89. The third kappa shape index (κ3) is 4.17. The van der Waals surface area contributed by atoms with E-state index in [4.69, 9.17) is 0 Å². The van der Waals surface area contributed by atoms with Gasteiger partial charge in [-0.05, 0) is 61.6 Å².